The first kappa shape index (κ1) is 21.1. The van der Waals surface area contributed by atoms with Crippen molar-refractivity contribution in [1.29, 1.82) is 0 Å². The number of hydrogen-bond acceptors (Lipinski definition) is 4. The smallest absolute Gasteiger partial charge is 0.319 e. The van der Waals surface area contributed by atoms with Crippen molar-refractivity contribution in [2.75, 3.05) is 18.4 Å². The zero-order valence-electron chi connectivity index (χ0n) is 17.2. The maximum Gasteiger partial charge on any atom is 0.319 e. The first-order chi connectivity index (χ1) is 14.5. The highest BCUT2D eigenvalue weighted by Gasteiger charge is 2.09. The van der Waals surface area contributed by atoms with Gasteiger partial charge in [-0.2, -0.15) is 0 Å². The molecule has 30 heavy (non-hydrogen) atoms. The molecule has 0 aliphatic carbocycles. The van der Waals surface area contributed by atoms with E-state index in [4.69, 9.17) is 4.42 Å². The Morgan fingerprint density at radius 2 is 1.83 bits per heavy atom. The van der Waals surface area contributed by atoms with E-state index in [-0.39, 0.29) is 11.9 Å². The molecule has 0 atom stereocenters. The number of oxazole rings is 1. The van der Waals surface area contributed by atoms with Crippen molar-refractivity contribution in [2.45, 2.75) is 26.7 Å². The number of carbonyl (C=O) groups is 2. The largest absolute Gasteiger partial charge is 0.444 e. The number of amides is 3. The minimum absolute atomic E-state index is 0.156. The summed E-state index contributed by atoms with van der Waals surface area (Å²) in [4.78, 5) is 28.6. The number of rotatable bonds is 8. The molecule has 2 aromatic carbocycles. The lowest BCUT2D eigenvalue weighted by Gasteiger charge is -2.09. The molecule has 7 nitrogen and oxygen atoms in total. The Morgan fingerprint density at radius 1 is 1.03 bits per heavy atom. The van der Waals surface area contributed by atoms with E-state index >= 15 is 0 Å². The number of aryl methyl sites for hydroxylation is 1. The highest BCUT2D eigenvalue weighted by molar-refractivity contribution is 5.96. The van der Waals surface area contributed by atoms with E-state index in [9.17, 15) is 9.59 Å². The Labute approximate surface area is 175 Å². The molecule has 156 valence electrons. The molecule has 0 aliphatic rings. The summed E-state index contributed by atoms with van der Waals surface area (Å²) in [6.45, 7) is 5.04. The van der Waals surface area contributed by atoms with Gasteiger partial charge in [-0.25, -0.2) is 9.78 Å². The predicted octanol–water partition coefficient (Wildman–Crippen LogP) is 4.15. The average Bonchev–Trinajstić information content (AvgIpc) is 3.21. The first-order valence-electron chi connectivity index (χ1n) is 9.99. The van der Waals surface area contributed by atoms with Gasteiger partial charge in [0.1, 0.15) is 6.26 Å². The normalized spacial score (nSPS) is 10.5. The van der Waals surface area contributed by atoms with Crippen molar-refractivity contribution in [3.63, 3.8) is 0 Å². The lowest BCUT2D eigenvalue weighted by molar-refractivity contribution is 0.0953. The van der Waals surface area contributed by atoms with Crippen LogP contribution in [0.15, 0.2) is 59.2 Å². The van der Waals surface area contributed by atoms with E-state index in [2.05, 4.69) is 20.9 Å². The third-order valence-corrected chi connectivity index (χ3v) is 4.44. The third-order valence-electron chi connectivity index (χ3n) is 4.44. The molecule has 0 radical (unpaired) electrons. The van der Waals surface area contributed by atoms with Crippen molar-refractivity contribution < 1.29 is 14.0 Å². The van der Waals surface area contributed by atoms with Crippen LogP contribution in [-0.2, 0) is 6.42 Å². The van der Waals surface area contributed by atoms with Gasteiger partial charge in [-0.3, -0.25) is 4.79 Å². The van der Waals surface area contributed by atoms with Gasteiger partial charge in [0, 0.05) is 36.3 Å². The number of nitrogens with zero attached hydrogens (tertiary/aromatic N) is 1. The molecular weight excluding hydrogens is 380 g/mol. The summed E-state index contributed by atoms with van der Waals surface area (Å²) in [6.07, 6.45) is 3.01. The number of benzene rings is 2. The molecule has 0 fully saturated rings. The van der Waals surface area contributed by atoms with Crippen LogP contribution in [0.4, 0.5) is 10.5 Å². The number of urea groups is 1. The van der Waals surface area contributed by atoms with Crippen LogP contribution in [0.3, 0.4) is 0 Å². The summed E-state index contributed by atoms with van der Waals surface area (Å²) in [5.74, 6) is 0.406. The monoisotopic (exact) mass is 406 g/mol. The molecule has 1 heterocycles. The standard InChI is InChI=1S/C23H26N4O3/c1-3-12-24-21(28)18-5-4-6-19(14-18)27-23(29)25-13-11-20-15-30-22(26-20)17-9-7-16(2)8-10-17/h4-10,14-15H,3,11-13H2,1-2H3,(H,24,28)(H2,25,27,29). The van der Waals surface area contributed by atoms with Crippen LogP contribution in [0.1, 0.15) is 35.0 Å². The summed E-state index contributed by atoms with van der Waals surface area (Å²) in [7, 11) is 0. The molecule has 0 spiro atoms. The second-order valence-corrected chi connectivity index (χ2v) is 6.98. The van der Waals surface area contributed by atoms with E-state index in [1.807, 2.05) is 38.1 Å². The molecular formula is C23H26N4O3. The van der Waals surface area contributed by atoms with Gasteiger partial charge in [-0.05, 0) is 43.7 Å². The molecule has 3 rings (SSSR count). The molecule has 3 amide bonds. The maximum absolute atomic E-state index is 12.1. The maximum atomic E-state index is 12.1. The van der Waals surface area contributed by atoms with Crippen molar-refractivity contribution in [1.82, 2.24) is 15.6 Å². The van der Waals surface area contributed by atoms with Gasteiger partial charge in [0.2, 0.25) is 5.89 Å². The van der Waals surface area contributed by atoms with E-state index in [1.165, 1.54) is 5.56 Å². The predicted molar refractivity (Wildman–Crippen MR) is 116 cm³/mol. The van der Waals surface area contributed by atoms with Gasteiger partial charge >= 0.3 is 6.03 Å². The number of hydrogen-bond donors (Lipinski definition) is 3. The Bertz CT molecular complexity index is 996. The average molecular weight is 406 g/mol. The van der Waals surface area contributed by atoms with Crippen LogP contribution < -0.4 is 16.0 Å². The number of nitrogens with one attached hydrogen (secondary N) is 3. The van der Waals surface area contributed by atoms with Gasteiger partial charge < -0.3 is 20.4 Å². The highest BCUT2D eigenvalue weighted by Crippen LogP contribution is 2.19. The van der Waals surface area contributed by atoms with E-state index in [0.717, 1.165) is 17.7 Å². The van der Waals surface area contributed by atoms with Crippen molar-refractivity contribution in [2.24, 2.45) is 0 Å². The lowest BCUT2D eigenvalue weighted by atomic mass is 10.1. The highest BCUT2D eigenvalue weighted by atomic mass is 16.3. The van der Waals surface area contributed by atoms with Crippen LogP contribution in [0, 0.1) is 6.92 Å². The molecule has 1 aromatic heterocycles. The Balaban J connectivity index is 1.47. The molecule has 0 aliphatic heterocycles. The number of aromatic nitrogens is 1. The first-order valence-corrected chi connectivity index (χ1v) is 9.99. The fraction of sp³-hybridized carbons (Fsp3) is 0.261. The van der Waals surface area contributed by atoms with Crippen molar-refractivity contribution in [3.05, 3.63) is 71.6 Å². The van der Waals surface area contributed by atoms with E-state index in [1.54, 1.807) is 30.5 Å². The summed E-state index contributed by atoms with van der Waals surface area (Å²) in [6, 6.07) is 14.4. The quantitative estimate of drug-likeness (QED) is 0.523. The zero-order chi connectivity index (χ0) is 21.3. The summed E-state index contributed by atoms with van der Waals surface area (Å²) in [5.41, 5.74) is 3.92. The molecule has 0 bridgehead atoms. The Morgan fingerprint density at radius 3 is 2.60 bits per heavy atom. The van der Waals surface area contributed by atoms with Gasteiger partial charge in [-0.1, -0.05) is 30.7 Å². The van der Waals surface area contributed by atoms with Gasteiger partial charge in [0.15, 0.2) is 0 Å². The molecule has 0 saturated carbocycles. The van der Waals surface area contributed by atoms with Gasteiger partial charge in [0.05, 0.1) is 5.69 Å². The second-order valence-electron chi connectivity index (χ2n) is 6.98. The number of carbonyl (C=O) groups excluding carboxylic acids is 2. The summed E-state index contributed by atoms with van der Waals surface area (Å²) >= 11 is 0. The molecule has 0 unspecified atom stereocenters. The molecule has 7 heteroatoms. The fourth-order valence-corrected chi connectivity index (χ4v) is 2.81. The van der Waals surface area contributed by atoms with E-state index < -0.39 is 0 Å². The summed E-state index contributed by atoms with van der Waals surface area (Å²) < 4.78 is 5.53. The minimum Gasteiger partial charge on any atom is -0.444 e. The minimum atomic E-state index is -0.344. The van der Waals surface area contributed by atoms with Crippen molar-refractivity contribution >= 4 is 17.6 Å². The lowest BCUT2D eigenvalue weighted by Crippen LogP contribution is -2.30. The van der Waals surface area contributed by atoms with Crippen molar-refractivity contribution in [3.8, 4) is 11.5 Å². The summed E-state index contributed by atoms with van der Waals surface area (Å²) in [5, 5.41) is 8.34. The molecule has 0 saturated heterocycles. The van der Waals surface area contributed by atoms with Crippen LogP contribution in [0.25, 0.3) is 11.5 Å². The number of anilines is 1. The topological polar surface area (TPSA) is 96.3 Å². The van der Waals surface area contributed by atoms with Gasteiger partial charge in [-0.15, -0.1) is 0 Å². The SMILES string of the molecule is CCCNC(=O)c1cccc(NC(=O)NCCc2coc(-c3ccc(C)cc3)n2)c1. The Hall–Kier alpha value is -3.61. The fourth-order valence-electron chi connectivity index (χ4n) is 2.81. The molecule has 3 N–H and O–H groups in total. The molecule has 3 aromatic rings. The van der Waals surface area contributed by atoms with Crippen LogP contribution in [-0.4, -0.2) is 30.0 Å². The second kappa shape index (κ2) is 10.2. The van der Waals surface area contributed by atoms with Gasteiger partial charge in [0.25, 0.3) is 5.91 Å². The third kappa shape index (κ3) is 5.94. The van der Waals surface area contributed by atoms with E-state index in [0.29, 0.717) is 36.7 Å². The van der Waals surface area contributed by atoms with Crippen LogP contribution >= 0.6 is 0 Å². The Kier molecular flexibility index (Phi) is 7.21. The van der Waals surface area contributed by atoms with Crippen LogP contribution in [0.2, 0.25) is 0 Å². The zero-order valence-corrected chi connectivity index (χ0v) is 17.2. The van der Waals surface area contributed by atoms with Crippen LogP contribution in [0.5, 0.6) is 0 Å².